The van der Waals surface area contributed by atoms with Crippen molar-refractivity contribution in [1.29, 1.82) is 0 Å². The summed E-state index contributed by atoms with van der Waals surface area (Å²) >= 11 is 1.43. The molecular formula is C21H25N3O4S2. The summed E-state index contributed by atoms with van der Waals surface area (Å²) in [5.41, 5.74) is 1.62. The topological polar surface area (TPSA) is 97.4 Å². The minimum atomic E-state index is -3.88. The van der Waals surface area contributed by atoms with Crippen LogP contribution >= 0.6 is 11.3 Å². The Morgan fingerprint density at radius 1 is 1.20 bits per heavy atom. The Balaban J connectivity index is 1.74. The third kappa shape index (κ3) is 5.16. The Bertz CT molecular complexity index is 1160. The summed E-state index contributed by atoms with van der Waals surface area (Å²) in [7, 11) is -2.30. The number of aromatic nitrogens is 1. The van der Waals surface area contributed by atoms with Gasteiger partial charge in [-0.25, -0.2) is 13.4 Å². The van der Waals surface area contributed by atoms with Gasteiger partial charge in [-0.15, -0.1) is 11.3 Å². The van der Waals surface area contributed by atoms with Gasteiger partial charge in [-0.1, -0.05) is 26.0 Å². The first-order chi connectivity index (χ1) is 14.2. The van der Waals surface area contributed by atoms with Crippen molar-refractivity contribution in [2.24, 2.45) is 5.92 Å². The van der Waals surface area contributed by atoms with Crippen molar-refractivity contribution in [1.82, 2.24) is 15.0 Å². The van der Waals surface area contributed by atoms with Gasteiger partial charge in [0.2, 0.25) is 15.9 Å². The van der Waals surface area contributed by atoms with Crippen LogP contribution in [0.2, 0.25) is 0 Å². The van der Waals surface area contributed by atoms with E-state index < -0.39 is 16.1 Å². The number of ether oxygens (including phenoxy) is 1. The zero-order valence-electron chi connectivity index (χ0n) is 17.3. The Morgan fingerprint density at radius 3 is 2.67 bits per heavy atom. The highest BCUT2D eigenvalue weighted by molar-refractivity contribution is 7.89. The largest absolute Gasteiger partial charge is 0.497 e. The molecular weight excluding hydrogens is 422 g/mol. The first-order valence-electron chi connectivity index (χ1n) is 9.50. The first-order valence-corrected chi connectivity index (χ1v) is 11.8. The van der Waals surface area contributed by atoms with Crippen LogP contribution in [0.4, 0.5) is 0 Å². The van der Waals surface area contributed by atoms with E-state index in [9.17, 15) is 13.2 Å². The third-order valence-electron chi connectivity index (χ3n) is 4.61. The minimum absolute atomic E-state index is 0.116. The Kier molecular flexibility index (Phi) is 6.74. The molecule has 7 nitrogen and oxygen atoms in total. The van der Waals surface area contributed by atoms with E-state index in [-0.39, 0.29) is 23.3 Å². The number of amides is 1. The number of thiazole rings is 1. The maximum atomic E-state index is 12.9. The first kappa shape index (κ1) is 22.2. The molecule has 0 unspecified atom stereocenters. The number of carbonyl (C=O) groups excluding carboxylic acids is 1. The number of methoxy groups -OCH3 is 1. The molecule has 0 fully saturated rings. The molecule has 1 aromatic heterocycles. The summed E-state index contributed by atoms with van der Waals surface area (Å²) < 4.78 is 34.4. The number of benzene rings is 2. The predicted molar refractivity (Wildman–Crippen MR) is 118 cm³/mol. The maximum absolute atomic E-state index is 12.9. The second-order valence-electron chi connectivity index (χ2n) is 7.27. The van der Waals surface area contributed by atoms with Gasteiger partial charge in [-0.2, -0.15) is 4.72 Å². The summed E-state index contributed by atoms with van der Waals surface area (Å²) in [6, 6.07) is 11.2. The summed E-state index contributed by atoms with van der Waals surface area (Å²) in [5, 5.41) is 3.67. The van der Waals surface area contributed by atoms with E-state index in [1.165, 1.54) is 17.4 Å². The fourth-order valence-electron chi connectivity index (χ4n) is 3.00. The number of nitrogens with one attached hydrogen (secondary N) is 2. The lowest BCUT2D eigenvalue weighted by Gasteiger charge is -2.21. The van der Waals surface area contributed by atoms with Crippen molar-refractivity contribution in [2.75, 3.05) is 7.11 Å². The smallest absolute Gasteiger partial charge is 0.241 e. The number of fused-ring (bicyclic) bond motifs is 1. The number of hydrogen-bond donors (Lipinski definition) is 2. The van der Waals surface area contributed by atoms with Gasteiger partial charge in [0.25, 0.3) is 0 Å². The average Bonchev–Trinajstić information content (AvgIpc) is 3.09. The van der Waals surface area contributed by atoms with E-state index in [0.717, 1.165) is 20.8 Å². The van der Waals surface area contributed by atoms with Gasteiger partial charge in [0.05, 0.1) is 27.2 Å². The SMILES string of the molecule is COc1cccc(CNC(=O)[C@@H](NS(=O)(=O)c2ccc3nc(C)sc3c2)C(C)C)c1. The van der Waals surface area contributed by atoms with Crippen LogP contribution in [-0.2, 0) is 21.4 Å². The molecule has 0 aliphatic heterocycles. The Hall–Kier alpha value is -2.49. The van der Waals surface area contributed by atoms with Crippen LogP contribution in [0, 0.1) is 12.8 Å². The number of rotatable bonds is 8. The monoisotopic (exact) mass is 447 g/mol. The zero-order chi connectivity index (χ0) is 21.9. The lowest BCUT2D eigenvalue weighted by atomic mass is 10.0. The second-order valence-corrected chi connectivity index (χ2v) is 10.2. The normalized spacial score (nSPS) is 12.8. The van der Waals surface area contributed by atoms with Crippen LogP contribution in [0.15, 0.2) is 47.4 Å². The highest BCUT2D eigenvalue weighted by atomic mass is 32.2. The molecule has 1 atom stereocenters. The molecule has 160 valence electrons. The third-order valence-corrected chi connectivity index (χ3v) is 6.98. The van der Waals surface area contributed by atoms with Gasteiger partial charge in [0, 0.05) is 6.54 Å². The summed E-state index contributed by atoms with van der Waals surface area (Å²) in [6.07, 6.45) is 0. The quantitative estimate of drug-likeness (QED) is 0.553. The lowest BCUT2D eigenvalue weighted by molar-refractivity contribution is -0.123. The number of sulfonamides is 1. The fourth-order valence-corrected chi connectivity index (χ4v) is 5.31. The van der Waals surface area contributed by atoms with E-state index in [0.29, 0.717) is 5.75 Å². The van der Waals surface area contributed by atoms with Crippen molar-refractivity contribution in [3.8, 4) is 5.75 Å². The Morgan fingerprint density at radius 2 is 1.97 bits per heavy atom. The molecule has 1 heterocycles. The molecule has 1 amide bonds. The molecule has 0 bridgehead atoms. The average molecular weight is 448 g/mol. The molecule has 3 rings (SSSR count). The van der Waals surface area contributed by atoms with Crippen molar-refractivity contribution in [2.45, 2.75) is 38.3 Å². The standard InChI is InChI=1S/C21H25N3O4S2/c1-13(2)20(21(25)22-12-15-6-5-7-16(10-15)28-4)24-30(26,27)17-8-9-18-19(11-17)29-14(3)23-18/h5-11,13,20,24H,12H2,1-4H3,(H,22,25)/t20-/m0/s1. The number of carbonyl (C=O) groups is 1. The highest BCUT2D eigenvalue weighted by Crippen LogP contribution is 2.25. The molecule has 0 saturated carbocycles. The lowest BCUT2D eigenvalue weighted by Crippen LogP contribution is -2.49. The van der Waals surface area contributed by atoms with Crippen molar-refractivity contribution >= 4 is 37.5 Å². The van der Waals surface area contributed by atoms with Crippen molar-refractivity contribution in [3.63, 3.8) is 0 Å². The predicted octanol–water partition coefficient (Wildman–Crippen LogP) is 3.23. The maximum Gasteiger partial charge on any atom is 0.241 e. The number of nitrogens with zero attached hydrogens (tertiary/aromatic N) is 1. The van der Waals surface area contributed by atoms with Crippen molar-refractivity contribution in [3.05, 3.63) is 53.0 Å². The van der Waals surface area contributed by atoms with Crippen LogP contribution in [-0.4, -0.2) is 32.5 Å². The van der Waals surface area contributed by atoms with Gasteiger partial charge in [0.15, 0.2) is 0 Å². The molecule has 0 aliphatic carbocycles. The van der Waals surface area contributed by atoms with E-state index in [1.54, 1.807) is 33.1 Å². The molecule has 30 heavy (non-hydrogen) atoms. The molecule has 0 saturated heterocycles. The second kappa shape index (κ2) is 9.11. The summed E-state index contributed by atoms with van der Waals surface area (Å²) in [6.45, 7) is 5.74. The van der Waals surface area contributed by atoms with Gasteiger partial charge < -0.3 is 10.1 Å². The molecule has 0 radical (unpaired) electrons. The van der Waals surface area contributed by atoms with Gasteiger partial charge >= 0.3 is 0 Å². The molecule has 0 aliphatic rings. The molecule has 2 N–H and O–H groups in total. The van der Waals surface area contributed by atoms with Crippen LogP contribution < -0.4 is 14.8 Å². The van der Waals surface area contributed by atoms with E-state index in [1.807, 2.05) is 31.2 Å². The minimum Gasteiger partial charge on any atom is -0.497 e. The van der Waals surface area contributed by atoms with Crippen molar-refractivity contribution < 1.29 is 17.9 Å². The van der Waals surface area contributed by atoms with E-state index >= 15 is 0 Å². The van der Waals surface area contributed by atoms with Gasteiger partial charge in [0.1, 0.15) is 11.8 Å². The Labute approximate surface area is 180 Å². The number of hydrogen-bond acceptors (Lipinski definition) is 6. The summed E-state index contributed by atoms with van der Waals surface area (Å²) in [4.78, 5) is 17.2. The highest BCUT2D eigenvalue weighted by Gasteiger charge is 2.28. The van der Waals surface area contributed by atoms with Crippen LogP contribution in [0.25, 0.3) is 10.2 Å². The van der Waals surface area contributed by atoms with Gasteiger partial charge in [-0.3, -0.25) is 4.79 Å². The van der Waals surface area contributed by atoms with Crippen LogP contribution in [0.3, 0.4) is 0 Å². The zero-order valence-corrected chi connectivity index (χ0v) is 18.9. The fraction of sp³-hybridized carbons (Fsp3) is 0.333. The van der Waals surface area contributed by atoms with E-state index in [4.69, 9.17) is 4.74 Å². The molecule has 3 aromatic rings. The molecule has 2 aromatic carbocycles. The van der Waals surface area contributed by atoms with Gasteiger partial charge in [-0.05, 0) is 48.7 Å². The molecule has 0 spiro atoms. The van der Waals surface area contributed by atoms with E-state index in [2.05, 4.69) is 15.0 Å². The van der Waals surface area contributed by atoms with Crippen LogP contribution in [0.5, 0.6) is 5.75 Å². The summed E-state index contributed by atoms with van der Waals surface area (Å²) in [5.74, 6) is 0.0714. The molecule has 9 heteroatoms. The number of aryl methyl sites for hydroxylation is 1. The van der Waals surface area contributed by atoms with Crippen LogP contribution in [0.1, 0.15) is 24.4 Å².